The maximum atomic E-state index is 12.6. The molecule has 0 bridgehead atoms. The predicted molar refractivity (Wildman–Crippen MR) is 86.8 cm³/mol. The standard InChI is InChI=1S/C17H32N2O3/c1-2-15-6-3-4-9-19(15)17(21)14-18-10-7-16(8-11-18)22-13-5-12-20/h15-16,20H,2-14H2,1H3. The Balaban J connectivity index is 1.69. The number of amides is 1. The second-order valence-corrected chi connectivity index (χ2v) is 6.57. The number of hydrogen-bond acceptors (Lipinski definition) is 4. The highest BCUT2D eigenvalue weighted by atomic mass is 16.5. The van der Waals surface area contributed by atoms with Crippen molar-refractivity contribution in [1.29, 1.82) is 0 Å². The van der Waals surface area contributed by atoms with Crippen molar-refractivity contribution < 1.29 is 14.6 Å². The third-order valence-electron chi connectivity index (χ3n) is 4.97. The average molecular weight is 312 g/mol. The molecule has 2 aliphatic heterocycles. The van der Waals surface area contributed by atoms with Crippen LogP contribution in [0.1, 0.15) is 51.9 Å². The van der Waals surface area contributed by atoms with Crippen LogP contribution >= 0.6 is 0 Å². The molecule has 2 heterocycles. The zero-order chi connectivity index (χ0) is 15.8. The second kappa shape index (κ2) is 9.48. The third-order valence-corrected chi connectivity index (χ3v) is 4.97. The minimum absolute atomic E-state index is 0.196. The third kappa shape index (κ3) is 5.21. The van der Waals surface area contributed by atoms with Crippen LogP contribution in [0, 0.1) is 0 Å². The van der Waals surface area contributed by atoms with E-state index >= 15 is 0 Å². The van der Waals surface area contributed by atoms with Crippen LogP contribution < -0.4 is 0 Å². The fourth-order valence-corrected chi connectivity index (χ4v) is 3.58. The van der Waals surface area contributed by atoms with Gasteiger partial charge in [0, 0.05) is 38.9 Å². The van der Waals surface area contributed by atoms with Gasteiger partial charge in [-0.15, -0.1) is 0 Å². The highest BCUT2D eigenvalue weighted by Crippen LogP contribution is 2.20. The lowest BCUT2D eigenvalue weighted by Crippen LogP contribution is -2.49. The minimum Gasteiger partial charge on any atom is -0.396 e. The first kappa shape index (κ1) is 17.7. The first-order chi connectivity index (χ1) is 10.7. The molecule has 0 radical (unpaired) electrons. The fourth-order valence-electron chi connectivity index (χ4n) is 3.58. The molecular formula is C17H32N2O3. The summed E-state index contributed by atoms with van der Waals surface area (Å²) in [6, 6.07) is 0.459. The largest absolute Gasteiger partial charge is 0.396 e. The Labute approximate surface area is 134 Å². The predicted octanol–water partition coefficient (Wildman–Crippen LogP) is 1.64. The Bertz CT molecular complexity index is 330. The number of carbonyl (C=O) groups is 1. The van der Waals surface area contributed by atoms with Gasteiger partial charge in [-0.1, -0.05) is 6.92 Å². The van der Waals surface area contributed by atoms with Crippen molar-refractivity contribution in [2.45, 2.75) is 64.0 Å². The van der Waals surface area contributed by atoms with Crippen LogP contribution in [0.4, 0.5) is 0 Å². The van der Waals surface area contributed by atoms with E-state index in [4.69, 9.17) is 9.84 Å². The summed E-state index contributed by atoms with van der Waals surface area (Å²) >= 11 is 0. The summed E-state index contributed by atoms with van der Waals surface area (Å²) in [5.74, 6) is 0.311. The van der Waals surface area contributed by atoms with Crippen LogP contribution in [0.25, 0.3) is 0 Å². The number of aliphatic hydroxyl groups is 1. The maximum Gasteiger partial charge on any atom is 0.236 e. The van der Waals surface area contributed by atoms with Gasteiger partial charge in [0.25, 0.3) is 0 Å². The molecule has 0 aliphatic carbocycles. The monoisotopic (exact) mass is 312 g/mol. The van der Waals surface area contributed by atoms with E-state index in [0.29, 0.717) is 37.6 Å². The van der Waals surface area contributed by atoms with Gasteiger partial charge in [-0.25, -0.2) is 0 Å². The van der Waals surface area contributed by atoms with E-state index in [0.717, 1.165) is 45.3 Å². The van der Waals surface area contributed by atoms with E-state index in [9.17, 15) is 4.79 Å². The molecule has 0 aromatic heterocycles. The van der Waals surface area contributed by atoms with Crippen molar-refractivity contribution in [1.82, 2.24) is 9.80 Å². The molecule has 0 spiro atoms. The van der Waals surface area contributed by atoms with Crippen LogP contribution in [0.15, 0.2) is 0 Å². The molecule has 128 valence electrons. The molecule has 5 nitrogen and oxygen atoms in total. The fraction of sp³-hybridized carbons (Fsp3) is 0.941. The summed E-state index contributed by atoms with van der Waals surface area (Å²) in [6.45, 7) is 6.43. The summed E-state index contributed by atoms with van der Waals surface area (Å²) in [5.41, 5.74) is 0. The van der Waals surface area contributed by atoms with Gasteiger partial charge >= 0.3 is 0 Å². The lowest BCUT2D eigenvalue weighted by atomic mass is 10.00. The number of likely N-dealkylation sites (tertiary alicyclic amines) is 2. The van der Waals surface area contributed by atoms with E-state index in [1.807, 2.05) is 0 Å². The van der Waals surface area contributed by atoms with Gasteiger partial charge in [-0.3, -0.25) is 9.69 Å². The van der Waals surface area contributed by atoms with Crippen LogP contribution in [0.5, 0.6) is 0 Å². The Morgan fingerprint density at radius 3 is 2.64 bits per heavy atom. The molecular weight excluding hydrogens is 280 g/mol. The van der Waals surface area contributed by atoms with Crippen molar-refractivity contribution in [2.75, 3.05) is 39.4 Å². The highest BCUT2D eigenvalue weighted by molar-refractivity contribution is 5.78. The number of ether oxygens (including phenoxy) is 1. The summed E-state index contributed by atoms with van der Waals surface area (Å²) in [5, 5.41) is 8.77. The minimum atomic E-state index is 0.196. The lowest BCUT2D eigenvalue weighted by Gasteiger charge is -2.38. The number of piperidine rings is 2. The van der Waals surface area contributed by atoms with Gasteiger partial charge in [0.2, 0.25) is 5.91 Å². The molecule has 22 heavy (non-hydrogen) atoms. The number of hydrogen-bond donors (Lipinski definition) is 1. The molecule has 0 aromatic carbocycles. The van der Waals surface area contributed by atoms with Crippen LogP contribution in [0.3, 0.4) is 0 Å². The summed E-state index contributed by atoms with van der Waals surface area (Å²) in [6.07, 6.45) is 7.67. The smallest absolute Gasteiger partial charge is 0.236 e. The van der Waals surface area contributed by atoms with Gasteiger partial charge in [-0.2, -0.15) is 0 Å². The van der Waals surface area contributed by atoms with E-state index in [1.54, 1.807) is 0 Å². The number of nitrogens with zero attached hydrogens (tertiary/aromatic N) is 2. The molecule has 0 saturated carbocycles. The van der Waals surface area contributed by atoms with Gasteiger partial charge < -0.3 is 14.7 Å². The molecule has 1 unspecified atom stereocenters. The first-order valence-corrected chi connectivity index (χ1v) is 8.99. The Hall–Kier alpha value is -0.650. The number of carbonyl (C=O) groups excluding carboxylic acids is 1. The van der Waals surface area contributed by atoms with E-state index in [1.165, 1.54) is 12.8 Å². The molecule has 2 saturated heterocycles. The maximum absolute atomic E-state index is 12.6. The van der Waals surface area contributed by atoms with Gasteiger partial charge in [-0.05, 0) is 44.9 Å². The van der Waals surface area contributed by atoms with E-state index < -0.39 is 0 Å². The van der Waals surface area contributed by atoms with Gasteiger partial charge in [0.15, 0.2) is 0 Å². The van der Waals surface area contributed by atoms with E-state index in [2.05, 4.69) is 16.7 Å². The summed E-state index contributed by atoms with van der Waals surface area (Å²) < 4.78 is 5.75. The summed E-state index contributed by atoms with van der Waals surface area (Å²) in [7, 11) is 0. The zero-order valence-electron chi connectivity index (χ0n) is 14.0. The number of rotatable bonds is 7. The number of aliphatic hydroxyl groups excluding tert-OH is 1. The highest BCUT2D eigenvalue weighted by Gasteiger charge is 2.28. The molecule has 2 rings (SSSR count). The van der Waals surface area contributed by atoms with Crippen LogP contribution in [0.2, 0.25) is 0 Å². The Kier molecular flexibility index (Phi) is 7.63. The van der Waals surface area contributed by atoms with Crippen molar-refractivity contribution >= 4 is 5.91 Å². The summed E-state index contributed by atoms with van der Waals surface area (Å²) in [4.78, 5) is 16.9. The van der Waals surface area contributed by atoms with E-state index in [-0.39, 0.29) is 6.61 Å². The molecule has 2 fully saturated rings. The molecule has 0 aromatic rings. The van der Waals surface area contributed by atoms with Gasteiger partial charge in [0.1, 0.15) is 0 Å². The second-order valence-electron chi connectivity index (χ2n) is 6.57. The Morgan fingerprint density at radius 2 is 1.95 bits per heavy atom. The first-order valence-electron chi connectivity index (χ1n) is 8.99. The van der Waals surface area contributed by atoms with Crippen molar-refractivity contribution in [3.8, 4) is 0 Å². The van der Waals surface area contributed by atoms with Crippen molar-refractivity contribution in [2.24, 2.45) is 0 Å². The lowest BCUT2D eigenvalue weighted by molar-refractivity contribution is -0.136. The van der Waals surface area contributed by atoms with Crippen LogP contribution in [-0.2, 0) is 9.53 Å². The SMILES string of the molecule is CCC1CCCCN1C(=O)CN1CCC(OCCCO)CC1. The quantitative estimate of drug-likeness (QED) is 0.726. The molecule has 2 aliphatic rings. The molecule has 1 N–H and O–H groups in total. The topological polar surface area (TPSA) is 53.0 Å². The van der Waals surface area contributed by atoms with Crippen molar-refractivity contribution in [3.63, 3.8) is 0 Å². The van der Waals surface area contributed by atoms with Crippen molar-refractivity contribution in [3.05, 3.63) is 0 Å². The average Bonchev–Trinajstić information content (AvgIpc) is 2.56. The van der Waals surface area contributed by atoms with Gasteiger partial charge in [0.05, 0.1) is 12.6 Å². The molecule has 1 amide bonds. The Morgan fingerprint density at radius 1 is 1.18 bits per heavy atom. The normalized spacial score (nSPS) is 24.6. The zero-order valence-corrected chi connectivity index (χ0v) is 14.0. The van der Waals surface area contributed by atoms with Crippen LogP contribution in [-0.4, -0.2) is 72.4 Å². The molecule has 5 heteroatoms. The molecule has 1 atom stereocenters.